The van der Waals surface area contributed by atoms with Crippen LogP contribution >= 0.6 is 15.9 Å². The second kappa shape index (κ2) is 6.45. The number of hydrogen-bond donors (Lipinski definition) is 1. The Labute approximate surface area is 109 Å². The van der Waals surface area contributed by atoms with E-state index in [1.165, 1.54) is 0 Å². The van der Waals surface area contributed by atoms with Crippen LogP contribution in [-0.2, 0) is 4.79 Å². The van der Waals surface area contributed by atoms with E-state index in [0.29, 0.717) is 0 Å². The minimum Gasteiger partial charge on any atom is -0.496 e. The molecule has 0 bridgehead atoms. The molecule has 0 saturated carbocycles. The lowest BCUT2D eigenvalue weighted by Gasteiger charge is -2.11. The number of allylic oxidation sites excluding steroid dienone is 1. The van der Waals surface area contributed by atoms with Crippen molar-refractivity contribution in [1.29, 1.82) is 0 Å². The van der Waals surface area contributed by atoms with Gasteiger partial charge in [0.15, 0.2) is 0 Å². The lowest BCUT2D eigenvalue weighted by Crippen LogP contribution is -1.95. The lowest BCUT2D eigenvalue weighted by molar-refractivity contribution is -0.135. The predicted octanol–water partition coefficient (Wildman–Crippen LogP) is 3.73. The molecule has 17 heavy (non-hydrogen) atoms. The Morgan fingerprint density at radius 1 is 1.53 bits per heavy atom. The SMILES string of the molecule is CC/C(=C\CC(=O)O)c1cc(Br)ccc1OC. The predicted molar refractivity (Wildman–Crippen MR) is 71.2 cm³/mol. The zero-order chi connectivity index (χ0) is 12.8. The van der Waals surface area contributed by atoms with E-state index in [-0.39, 0.29) is 6.42 Å². The van der Waals surface area contributed by atoms with Crippen molar-refractivity contribution in [2.45, 2.75) is 19.8 Å². The molecule has 4 heteroatoms. The largest absolute Gasteiger partial charge is 0.496 e. The summed E-state index contributed by atoms with van der Waals surface area (Å²) >= 11 is 3.40. The average molecular weight is 299 g/mol. The van der Waals surface area contributed by atoms with Crippen molar-refractivity contribution >= 4 is 27.5 Å². The molecule has 0 saturated heterocycles. The monoisotopic (exact) mass is 298 g/mol. The second-order valence-corrected chi connectivity index (χ2v) is 4.44. The van der Waals surface area contributed by atoms with E-state index in [0.717, 1.165) is 27.8 Å². The molecule has 0 amide bonds. The van der Waals surface area contributed by atoms with Crippen LogP contribution in [0.5, 0.6) is 5.75 Å². The van der Waals surface area contributed by atoms with E-state index >= 15 is 0 Å². The first-order valence-electron chi connectivity index (χ1n) is 5.33. The molecule has 0 spiro atoms. The van der Waals surface area contributed by atoms with Crippen LogP contribution in [0.2, 0.25) is 0 Å². The van der Waals surface area contributed by atoms with Gasteiger partial charge >= 0.3 is 5.97 Å². The van der Waals surface area contributed by atoms with Gasteiger partial charge in [-0.3, -0.25) is 4.79 Å². The van der Waals surface area contributed by atoms with E-state index < -0.39 is 5.97 Å². The zero-order valence-corrected chi connectivity index (χ0v) is 11.5. The van der Waals surface area contributed by atoms with Gasteiger partial charge in [-0.15, -0.1) is 0 Å². The van der Waals surface area contributed by atoms with Crippen LogP contribution in [0.15, 0.2) is 28.7 Å². The number of carboxylic acids is 1. The molecule has 92 valence electrons. The Kier molecular flexibility index (Phi) is 5.22. The number of methoxy groups -OCH3 is 1. The van der Waals surface area contributed by atoms with Gasteiger partial charge in [-0.2, -0.15) is 0 Å². The Bertz CT molecular complexity index is 438. The van der Waals surface area contributed by atoms with E-state index in [4.69, 9.17) is 9.84 Å². The molecule has 3 nitrogen and oxygen atoms in total. The molecular formula is C13H15BrO3. The summed E-state index contributed by atoms with van der Waals surface area (Å²) in [7, 11) is 1.61. The Morgan fingerprint density at radius 2 is 2.24 bits per heavy atom. The molecule has 0 aliphatic carbocycles. The molecule has 0 aromatic heterocycles. The summed E-state index contributed by atoms with van der Waals surface area (Å²) in [5.74, 6) is -0.0726. The van der Waals surface area contributed by atoms with Gasteiger partial charge in [0.2, 0.25) is 0 Å². The first kappa shape index (κ1) is 13.8. The van der Waals surface area contributed by atoms with Crippen LogP contribution in [0.1, 0.15) is 25.3 Å². The first-order valence-corrected chi connectivity index (χ1v) is 6.12. The maximum atomic E-state index is 10.6. The highest BCUT2D eigenvalue weighted by atomic mass is 79.9. The van der Waals surface area contributed by atoms with E-state index in [1.807, 2.05) is 25.1 Å². The number of hydrogen-bond acceptors (Lipinski definition) is 2. The van der Waals surface area contributed by atoms with Gasteiger partial charge in [-0.25, -0.2) is 0 Å². The minimum atomic E-state index is -0.829. The third-order valence-electron chi connectivity index (χ3n) is 2.41. The fourth-order valence-corrected chi connectivity index (χ4v) is 1.95. The van der Waals surface area contributed by atoms with Crippen LogP contribution in [-0.4, -0.2) is 18.2 Å². The number of benzene rings is 1. The number of halogens is 1. The van der Waals surface area contributed by atoms with Crippen LogP contribution in [0.3, 0.4) is 0 Å². The van der Waals surface area contributed by atoms with E-state index in [2.05, 4.69) is 15.9 Å². The average Bonchev–Trinajstić information content (AvgIpc) is 2.30. The molecule has 0 aliphatic rings. The number of ether oxygens (including phenoxy) is 1. The maximum absolute atomic E-state index is 10.6. The highest BCUT2D eigenvalue weighted by Crippen LogP contribution is 2.31. The van der Waals surface area contributed by atoms with Crippen LogP contribution in [0.4, 0.5) is 0 Å². The highest BCUT2D eigenvalue weighted by molar-refractivity contribution is 9.10. The van der Waals surface area contributed by atoms with Gasteiger partial charge in [-0.05, 0) is 30.2 Å². The standard InChI is InChI=1S/C13H15BrO3/c1-3-9(4-7-13(15)16)11-8-10(14)5-6-12(11)17-2/h4-6,8H,3,7H2,1-2H3,(H,15,16)/b9-4+. The summed E-state index contributed by atoms with van der Waals surface area (Å²) in [6.45, 7) is 1.99. The number of aliphatic carboxylic acids is 1. The van der Waals surface area contributed by atoms with Gasteiger partial charge in [-0.1, -0.05) is 28.9 Å². The maximum Gasteiger partial charge on any atom is 0.307 e. The molecule has 1 N–H and O–H groups in total. The highest BCUT2D eigenvalue weighted by Gasteiger charge is 2.08. The van der Waals surface area contributed by atoms with Gasteiger partial charge < -0.3 is 9.84 Å². The summed E-state index contributed by atoms with van der Waals surface area (Å²) in [6.07, 6.45) is 2.52. The summed E-state index contributed by atoms with van der Waals surface area (Å²) in [5, 5.41) is 8.70. The quantitative estimate of drug-likeness (QED) is 0.901. The normalized spacial score (nSPS) is 11.4. The topological polar surface area (TPSA) is 46.5 Å². The van der Waals surface area contributed by atoms with Gasteiger partial charge in [0.1, 0.15) is 5.75 Å². The Morgan fingerprint density at radius 3 is 2.76 bits per heavy atom. The minimum absolute atomic E-state index is 0.0266. The molecule has 0 aliphatic heterocycles. The second-order valence-electron chi connectivity index (χ2n) is 3.53. The van der Waals surface area contributed by atoms with Crippen molar-refractivity contribution < 1.29 is 14.6 Å². The molecule has 0 radical (unpaired) electrons. The summed E-state index contributed by atoms with van der Waals surface area (Å²) < 4.78 is 6.23. The van der Waals surface area contributed by atoms with Crippen LogP contribution in [0.25, 0.3) is 5.57 Å². The zero-order valence-electron chi connectivity index (χ0n) is 9.87. The third kappa shape index (κ3) is 3.89. The lowest BCUT2D eigenvalue weighted by atomic mass is 10.0. The Hall–Kier alpha value is -1.29. The third-order valence-corrected chi connectivity index (χ3v) is 2.90. The Balaban J connectivity index is 3.14. The van der Waals surface area contributed by atoms with E-state index in [1.54, 1.807) is 13.2 Å². The smallest absolute Gasteiger partial charge is 0.307 e. The molecular weight excluding hydrogens is 284 g/mol. The number of rotatable bonds is 5. The molecule has 0 atom stereocenters. The van der Waals surface area contributed by atoms with Gasteiger partial charge in [0, 0.05) is 10.0 Å². The molecule has 1 rings (SSSR count). The fraction of sp³-hybridized carbons (Fsp3) is 0.308. The van der Waals surface area contributed by atoms with Crippen molar-refractivity contribution in [3.05, 3.63) is 34.3 Å². The molecule has 0 unspecified atom stereocenters. The summed E-state index contributed by atoms with van der Waals surface area (Å²) in [4.78, 5) is 10.6. The fourth-order valence-electron chi connectivity index (χ4n) is 1.59. The summed E-state index contributed by atoms with van der Waals surface area (Å²) in [6, 6.07) is 5.70. The van der Waals surface area contributed by atoms with Crippen molar-refractivity contribution in [3.63, 3.8) is 0 Å². The van der Waals surface area contributed by atoms with Crippen molar-refractivity contribution in [3.8, 4) is 5.75 Å². The van der Waals surface area contributed by atoms with Gasteiger partial charge in [0.25, 0.3) is 0 Å². The molecule has 1 aromatic carbocycles. The molecule has 1 aromatic rings. The van der Waals surface area contributed by atoms with Gasteiger partial charge in [0.05, 0.1) is 13.5 Å². The van der Waals surface area contributed by atoms with Crippen molar-refractivity contribution in [2.75, 3.05) is 7.11 Å². The van der Waals surface area contributed by atoms with Crippen molar-refractivity contribution in [1.82, 2.24) is 0 Å². The first-order chi connectivity index (χ1) is 8.08. The van der Waals surface area contributed by atoms with Crippen LogP contribution < -0.4 is 4.74 Å². The molecule has 0 fully saturated rings. The number of carboxylic acid groups (broad SMARTS) is 1. The van der Waals surface area contributed by atoms with E-state index in [9.17, 15) is 4.79 Å². The summed E-state index contributed by atoms with van der Waals surface area (Å²) in [5.41, 5.74) is 1.91. The molecule has 0 heterocycles. The number of carbonyl (C=O) groups is 1. The van der Waals surface area contributed by atoms with Crippen molar-refractivity contribution in [2.24, 2.45) is 0 Å². The van der Waals surface area contributed by atoms with Crippen LogP contribution in [0, 0.1) is 0 Å².